The van der Waals surface area contributed by atoms with E-state index in [1.165, 1.54) is 7.11 Å². The van der Waals surface area contributed by atoms with Crippen molar-refractivity contribution in [1.29, 1.82) is 0 Å². The first-order chi connectivity index (χ1) is 7.56. The summed E-state index contributed by atoms with van der Waals surface area (Å²) in [7, 11) is 1.41. The van der Waals surface area contributed by atoms with Gasteiger partial charge in [-0.05, 0) is 24.6 Å². The molecular formula is C12H17NO2S. The molecule has 0 aromatic heterocycles. The number of hydrogen-bond donors (Lipinski definition) is 1. The number of rotatable bonds is 4. The second kappa shape index (κ2) is 5.80. The van der Waals surface area contributed by atoms with Crippen molar-refractivity contribution in [2.24, 2.45) is 5.92 Å². The molecule has 3 nitrogen and oxygen atoms in total. The van der Waals surface area contributed by atoms with Gasteiger partial charge in [0, 0.05) is 16.3 Å². The molecular weight excluding hydrogens is 222 g/mol. The van der Waals surface area contributed by atoms with E-state index in [-0.39, 0.29) is 11.9 Å². The molecule has 0 aliphatic heterocycles. The SMILES string of the molecule is COC(=O)C(C)CSc1cccc(N)c1C. The van der Waals surface area contributed by atoms with E-state index in [4.69, 9.17) is 5.73 Å². The van der Waals surface area contributed by atoms with E-state index >= 15 is 0 Å². The molecule has 1 aromatic carbocycles. The summed E-state index contributed by atoms with van der Waals surface area (Å²) in [4.78, 5) is 12.3. The van der Waals surface area contributed by atoms with Gasteiger partial charge in [0.15, 0.2) is 0 Å². The number of methoxy groups -OCH3 is 1. The molecule has 0 saturated heterocycles. The summed E-state index contributed by atoms with van der Waals surface area (Å²) < 4.78 is 4.68. The van der Waals surface area contributed by atoms with Gasteiger partial charge in [-0.1, -0.05) is 13.0 Å². The predicted molar refractivity (Wildman–Crippen MR) is 67.5 cm³/mol. The predicted octanol–water partition coefficient (Wildman–Crippen LogP) is 2.48. The summed E-state index contributed by atoms with van der Waals surface area (Å²) in [5, 5.41) is 0. The van der Waals surface area contributed by atoms with E-state index in [0.717, 1.165) is 16.1 Å². The van der Waals surface area contributed by atoms with Crippen LogP contribution in [0.25, 0.3) is 0 Å². The molecule has 0 aliphatic carbocycles. The van der Waals surface area contributed by atoms with Crippen molar-refractivity contribution in [2.45, 2.75) is 18.7 Å². The molecule has 0 saturated carbocycles. The molecule has 1 rings (SSSR count). The molecule has 0 amide bonds. The van der Waals surface area contributed by atoms with Crippen molar-refractivity contribution in [1.82, 2.24) is 0 Å². The monoisotopic (exact) mass is 239 g/mol. The zero-order valence-corrected chi connectivity index (χ0v) is 10.6. The largest absolute Gasteiger partial charge is 0.469 e. The van der Waals surface area contributed by atoms with E-state index < -0.39 is 0 Å². The van der Waals surface area contributed by atoms with Crippen molar-refractivity contribution >= 4 is 23.4 Å². The third-order valence-corrected chi connectivity index (χ3v) is 3.84. The lowest BCUT2D eigenvalue weighted by Gasteiger charge is -2.11. The highest BCUT2D eigenvalue weighted by atomic mass is 32.2. The normalized spacial score (nSPS) is 12.2. The summed E-state index contributed by atoms with van der Waals surface area (Å²) in [6, 6.07) is 5.82. The molecule has 1 unspecified atom stereocenters. The van der Waals surface area contributed by atoms with Gasteiger partial charge in [0.2, 0.25) is 0 Å². The first-order valence-electron chi connectivity index (χ1n) is 5.12. The van der Waals surface area contributed by atoms with Gasteiger partial charge in [0.25, 0.3) is 0 Å². The van der Waals surface area contributed by atoms with Gasteiger partial charge >= 0.3 is 5.97 Å². The molecule has 0 fully saturated rings. The average molecular weight is 239 g/mol. The first kappa shape index (κ1) is 12.9. The number of ether oxygens (including phenoxy) is 1. The maximum Gasteiger partial charge on any atom is 0.309 e. The van der Waals surface area contributed by atoms with Crippen LogP contribution in [0.1, 0.15) is 12.5 Å². The van der Waals surface area contributed by atoms with Gasteiger partial charge in [-0.3, -0.25) is 4.79 Å². The summed E-state index contributed by atoms with van der Waals surface area (Å²) in [5.74, 6) is 0.432. The van der Waals surface area contributed by atoms with Crippen molar-refractivity contribution in [3.8, 4) is 0 Å². The number of esters is 1. The van der Waals surface area contributed by atoms with Gasteiger partial charge in [-0.25, -0.2) is 0 Å². The fourth-order valence-electron chi connectivity index (χ4n) is 1.27. The van der Waals surface area contributed by atoms with E-state index in [1.807, 2.05) is 32.0 Å². The second-order valence-electron chi connectivity index (χ2n) is 3.71. The molecule has 0 aliphatic rings. The second-order valence-corrected chi connectivity index (χ2v) is 4.77. The Bertz CT molecular complexity index is 379. The lowest BCUT2D eigenvalue weighted by molar-refractivity contribution is -0.143. The van der Waals surface area contributed by atoms with Crippen LogP contribution in [0.15, 0.2) is 23.1 Å². The standard InChI is InChI=1S/C12H17NO2S/c1-8(12(14)15-3)7-16-11-6-4-5-10(13)9(11)2/h4-6,8H,7,13H2,1-3H3. The van der Waals surface area contributed by atoms with Gasteiger partial charge in [-0.15, -0.1) is 11.8 Å². The molecule has 0 spiro atoms. The van der Waals surface area contributed by atoms with Crippen LogP contribution in [0.2, 0.25) is 0 Å². The van der Waals surface area contributed by atoms with Crippen molar-refractivity contribution < 1.29 is 9.53 Å². The Morgan fingerprint density at radius 3 is 2.88 bits per heavy atom. The number of carbonyl (C=O) groups excluding carboxylic acids is 1. The molecule has 88 valence electrons. The Balaban J connectivity index is 2.61. The van der Waals surface area contributed by atoms with Gasteiger partial charge < -0.3 is 10.5 Å². The molecule has 0 radical (unpaired) electrons. The number of nitrogen functional groups attached to an aromatic ring is 1. The van der Waals surface area contributed by atoms with E-state index in [1.54, 1.807) is 11.8 Å². The number of carbonyl (C=O) groups is 1. The molecule has 1 aromatic rings. The van der Waals surface area contributed by atoms with Crippen molar-refractivity contribution in [3.63, 3.8) is 0 Å². The lowest BCUT2D eigenvalue weighted by atomic mass is 10.2. The Hall–Kier alpha value is -1.16. The number of nitrogens with two attached hydrogens (primary N) is 1. The number of thioether (sulfide) groups is 1. The smallest absolute Gasteiger partial charge is 0.309 e. The maximum atomic E-state index is 11.2. The van der Waals surface area contributed by atoms with Crippen LogP contribution in [0, 0.1) is 12.8 Å². The van der Waals surface area contributed by atoms with Crippen LogP contribution in [0.4, 0.5) is 5.69 Å². The Labute approximate surface area is 100 Å². The number of benzene rings is 1. The first-order valence-corrected chi connectivity index (χ1v) is 6.10. The van der Waals surface area contributed by atoms with Crippen LogP contribution in [-0.4, -0.2) is 18.8 Å². The Morgan fingerprint density at radius 1 is 1.56 bits per heavy atom. The van der Waals surface area contributed by atoms with Crippen molar-refractivity contribution in [3.05, 3.63) is 23.8 Å². The van der Waals surface area contributed by atoms with E-state index in [0.29, 0.717) is 5.75 Å². The average Bonchev–Trinajstić information content (AvgIpc) is 2.29. The summed E-state index contributed by atoms with van der Waals surface area (Å²) in [6.07, 6.45) is 0. The Morgan fingerprint density at radius 2 is 2.25 bits per heavy atom. The van der Waals surface area contributed by atoms with Gasteiger partial charge in [-0.2, -0.15) is 0 Å². The Kier molecular flexibility index (Phi) is 4.68. The van der Waals surface area contributed by atoms with Gasteiger partial charge in [0.05, 0.1) is 13.0 Å². The highest BCUT2D eigenvalue weighted by molar-refractivity contribution is 7.99. The zero-order chi connectivity index (χ0) is 12.1. The summed E-state index contributed by atoms with van der Waals surface area (Å²) in [5.41, 5.74) is 7.67. The van der Waals surface area contributed by atoms with Crippen molar-refractivity contribution in [2.75, 3.05) is 18.6 Å². The molecule has 0 bridgehead atoms. The molecule has 0 heterocycles. The minimum absolute atomic E-state index is 0.101. The van der Waals surface area contributed by atoms with E-state index in [2.05, 4.69) is 4.74 Å². The lowest BCUT2D eigenvalue weighted by Crippen LogP contribution is -2.14. The highest BCUT2D eigenvalue weighted by Gasteiger charge is 2.14. The van der Waals surface area contributed by atoms with Crippen LogP contribution >= 0.6 is 11.8 Å². The van der Waals surface area contributed by atoms with Crippen LogP contribution < -0.4 is 5.73 Å². The highest BCUT2D eigenvalue weighted by Crippen LogP contribution is 2.27. The third kappa shape index (κ3) is 3.17. The minimum atomic E-state index is -0.172. The van der Waals surface area contributed by atoms with Crippen LogP contribution in [0.5, 0.6) is 0 Å². The molecule has 4 heteroatoms. The topological polar surface area (TPSA) is 52.3 Å². The minimum Gasteiger partial charge on any atom is -0.469 e. The van der Waals surface area contributed by atoms with E-state index in [9.17, 15) is 4.79 Å². The van der Waals surface area contributed by atoms with Crippen LogP contribution in [0.3, 0.4) is 0 Å². The van der Waals surface area contributed by atoms with Gasteiger partial charge in [0.1, 0.15) is 0 Å². The number of hydrogen-bond acceptors (Lipinski definition) is 4. The van der Waals surface area contributed by atoms with Crippen LogP contribution in [-0.2, 0) is 9.53 Å². The number of anilines is 1. The maximum absolute atomic E-state index is 11.2. The quantitative estimate of drug-likeness (QED) is 0.498. The fourth-order valence-corrected chi connectivity index (χ4v) is 2.35. The third-order valence-electron chi connectivity index (χ3n) is 2.42. The zero-order valence-electron chi connectivity index (χ0n) is 9.82. The fraction of sp³-hybridized carbons (Fsp3) is 0.417. The summed E-state index contributed by atoms with van der Waals surface area (Å²) >= 11 is 1.63. The molecule has 2 N–H and O–H groups in total. The summed E-state index contributed by atoms with van der Waals surface area (Å²) in [6.45, 7) is 3.85. The molecule has 1 atom stereocenters. The molecule has 16 heavy (non-hydrogen) atoms.